The van der Waals surface area contributed by atoms with Crippen molar-refractivity contribution in [1.82, 2.24) is 10.6 Å². The molecule has 94 valence electrons. The average molecular weight is 228 g/mol. The first-order chi connectivity index (χ1) is 7.70. The summed E-state index contributed by atoms with van der Waals surface area (Å²) in [7, 11) is 1.62. The van der Waals surface area contributed by atoms with Gasteiger partial charge in [-0.3, -0.25) is 9.59 Å². The van der Waals surface area contributed by atoms with Crippen LogP contribution in [0, 0.1) is 0 Å². The van der Waals surface area contributed by atoms with Gasteiger partial charge in [-0.1, -0.05) is 26.2 Å². The molecule has 0 aromatic heterocycles. The largest absolute Gasteiger partial charge is 0.359 e. The van der Waals surface area contributed by atoms with Crippen molar-refractivity contribution >= 4 is 11.8 Å². The molecule has 0 saturated heterocycles. The standard InChI is InChI=1S/C12H24N2O2/c1-3-4-5-6-8-12(16)14-10-7-9-11(15)13-2/h3-10H2,1-2H3,(H,13,15)(H,14,16). The van der Waals surface area contributed by atoms with Gasteiger partial charge in [0.25, 0.3) is 0 Å². The number of carbonyl (C=O) groups is 2. The monoisotopic (exact) mass is 228 g/mol. The highest BCUT2D eigenvalue weighted by Crippen LogP contribution is 2.01. The molecule has 0 aliphatic rings. The van der Waals surface area contributed by atoms with Gasteiger partial charge < -0.3 is 10.6 Å². The van der Waals surface area contributed by atoms with Crippen LogP contribution in [0.15, 0.2) is 0 Å². The molecule has 2 amide bonds. The predicted molar refractivity (Wildman–Crippen MR) is 65.1 cm³/mol. The lowest BCUT2D eigenvalue weighted by atomic mass is 10.1. The van der Waals surface area contributed by atoms with Gasteiger partial charge in [0.2, 0.25) is 11.8 Å². The third kappa shape index (κ3) is 9.49. The smallest absolute Gasteiger partial charge is 0.219 e. The van der Waals surface area contributed by atoms with E-state index in [0.29, 0.717) is 25.8 Å². The molecule has 4 heteroatoms. The van der Waals surface area contributed by atoms with Crippen molar-refractivity contribution in [2.75, 3.05) is 13.6 Å². The molecule has 0 atom stereocenters. The summed E-state index contributed by atoms with van der Waals surface area (Å²) in [4.78, 5) is 22.2. The number of rotatable bonds is 9. The van der Waals surface area contributed by atoms with Crippen LogP contribution in [0.25, 0.3) is 0 Å². The lowest BCUT2D eigenvalue weighted by molar-refractivity contribution is -0.122. The molecule has 0 fully saturated rings. The first-order valence-corrected chi connectivity index (χ1v) is 6.18. The van der Waals surface area contributed by atoms with Crippen LogP contribution >= 0.6 is 0 Å². The lowest BCUT2D eigenvalue weighted by Gasteiger charge is -2.04. The lowest BCUT2D eigenvalue weighted by Crippen LogP contribution is -2.26. The molecule has 0 unspecified atom stereocenters. The van der Waals surface area contributed by atoms with E-state index >= 15 is 0 Å². The molecule has 0 heterocycles. The van der Waals surface area contributed by atoms with Gasteiger partial charge in [-0.05, 0) is 12.8 Å². The minimum Gasteiger partial charge on any atom is -0.359 e. The van der Waals surface area contributed by atoms with Crippen LogP contribution in [0.5, 0.6) is 0 Å². The van der Waals surface area contributed by atoms with Crippen molar-refractivity contribution in [2.24, 2.45) is 0 Å². The highest BCUT2D eigenvalue weighted by Gasteiger charge is 2.01. The Morgan fingerprint density at radius 1 is 0.938 bits per heavy atom. The van der Waals surface area contributed by atoms with Crippen molar-refractivity contribution in [3.63, 3.8) is 0 Å². The van der Waals surface area contributed by atoms with Crippen LogP contribution in [0.1, 0.15) is 51.9 Å². The molecule has 4 nitrogen and oxygen atoms in total. The van der Waals surface area contributed by atoms with Crippen molar-refractivity contribution in [1.29, 1.82) is 0 Å². The van der Waals surface area contributed by atoms with E-state index in [1.54, 1.807) is 7.05 Å². The Hall–Kier alpha value is -1.06. The minimum atomic E-state index is 0.0252. The Labute approximate surface area is 98.2 Å². The normalized spacial score (nSPS) is 9.88. The summed E-state index contributed by atoms with van der Waals surface area (Å²) in [5, 5.41) is 5.37. The molecule has 0 aliphatic heterocycles. The fourth-order valence-electron chi connectivity index (χ4n) is 1.40. The summed E-state index contributed by atoms with van der Waals surface area (Å²) < 4.78 is 0. The van der Waals surface area contributed by atoms with Gasteiger partial charge in [-0.2, -0.15) is 0 Å². The van der Waals surface area contributed by atoms with E-state index in [0.717, 1.165) is 12.8 Å². The molecule has 0 bridgehead atoms. The average Bonchev–Trinajstić information content (AvgIpc) is 2.30. The molecule has 0 saturated carbocycles. The zero-order valence-electron chi connectivity index (χ0n) is 10.5. The van der Waals surface area contributed by atoms with Crippen LogP contribution in [0.4, 0.5) is 0 Å². The quantitative estimate of drug-likeness (QED) is 0.589. The second kappa shape index (κ2) is 10.5. The topological polar surface area (TPSA) is 58.2 Å². The molecule has 16 heavy (non-hydrogen) atoms. The van der Waals surface area contributed by atoms with Crippen molar-refractivity contribution in [2.45, 2.75) is 51.9 Å². The van der Waals surface area contributed by atoms with E-state index in [4.69, 9.17) is 0 Å². The van der Waals surface area contributed by atoms with Crippen LogP contribution in [-0.4, -0.2) is 25.4 Å². The molecule has 0 rings (SSSR count). The molecule has 0 spiro atoms. The third-order valence-corrected chi connectivity index (χ3v) is 2.44. The van der Waals surface area contributed by atoms with E-state index in [2.05, 4.69) is 17.6 Å². The van der Waals surface area contributed by atoms with Crippen LogP contribution < -0.4 is 10.6 Å². The van der Waals surface area contributed by atoms with Gasteiger partial charge in [-0.25, -0.2) is 0 Å². The Kier molecular flexibility index (Phi) is 9.76. The Balaban J connectivity index is 3.27. The maximum Gasteiger partial charge on any atom is 0.219 e. The van der Waals surface area contributed by atoms with Crippen LogP contribution in [-0.2, 0) is 9.59 Å². The highest BCUT2D eigenvalue weighted by atomic mass is 16.2. The van der Waals surface area contributed by atoms with Gasteiger partial charge in [0, 0.05) is 26.4 Å². The molecule has 0 aromatic carbocycles. The number of carbonyl (C=O) groups excluding carboxylic acids is 2. The molecule has 0 aliphatic carbocycles. The van der Waals surface area contributed by atoms with E-state index < -0.39 is 0 Å². The summed E-state index contributed by atoms with van der Waals surface area (Å²) in [5.74, 6) is 0.130. The summed E-state index contributed by atoms with van der Waals surface area (Å²) in [6, 6.07) is 0. The van der Waals surface area contributed by atoms with Gasteiger partial charge in [0.15, 0.2) is 0 Å². The third-order valence-electron chi connectivity index (χ3n) is 2.44. The SMILES string of the molecule is CCCCCCC(=O)NCCCC(=O)NC. The number of hydrogen-bond donors (Lipinski definition) is 2. The fraction of sp³-hybridized carbons (Fsp3) is 0.833. The van der Waals surface area contributed by atoms with E-state index in [-0.39, 0.29) is 11.8 Å². The summed E-state index contributed by atoms with van der Waals surface area (Å²) in [6.45, 7) is 2.75. The fourth-order valence-corrected chi connectivity index (χ4v) is 1.40. The predicted octanol–water partition coefficient (Wildman–Crippen LogP) is 1.60. The van der Waals surface area contributed by atoms with E-state index in [9.17, 15) is 9.59 Å². The maximum absolute atomic E-state index is 11.3. The Morgan fingerprint density at radius 2 is 1.62 bits per heavy atom. The van der Waals surface area contributed by atoms with Gasteiger partial charge >= 0.3 is 0 Å². The molecule has 0 radical (unpaired) electrons. The first-order valence-electron chi connectivity index (χ1n) is 6.18. The maximum atomic E-state index is 11.3. The molecule has 2 N–H and O–H groups in total. The van der Waals surface area contributed by atoms with Crippen LogP contribution in [0.2, 0.25) is 0 Å². The van der Waals surface area contributed by atoms with Crippen molar-refractivity contribution < 1.29 is 9.59 Å². The van der Waals surface area contributed by atoms with Gasteiger partial charge in [0.05, 0.1) is 0 Å². The van der Waals surface area contributed by atoms with Gasteiger partial charge in [-0.15, -0.1) is 0 Å². The number of unbranched alkanes of at least 4 members (excludes halogenated alkanes) is 3. The number of hydrogen-bond acceptors (Lipinski definition) is 2. The molecule has 0 aromatic rings. The summed E-state index contributed by atoms with van der Waals surface area (Å²) in [6.07, 6.45) is 6.28. The van der Waals surface area contributed by atoms with Crippen LogP contribution in [0.3, 0.4) is 0 Å². The van der Waals surface area contributed by atoms with Crippen molar-refractivity contribution in [3.8, 4) is 0 Å². The van der Waals surface area contributed by atoms with E-state index in [1.807, 2.05) is 0 Å². The zero-order chi connectivity index (χ0) is 12.2. The second-order valence-electron chi connectivity index (χ2n) is 3.94. The zero-order valence-corrected chi connectivity index (χ0v) is 10.5. The van der Waals surface area contributed by atoms with Crippen molar-refractivity contribution in [3.05, 3.63) is 0 Å². The second-order valence-corrected chi connectivity index (χ2v) is 3.94. The number of nitrogens with one attached hydrogen (secondary N) is 2. The minimum absolute atomic E-state index is 0.0252. The molecular formula is C12H24N2O2. The number of amides is 2. The summed E-state index contributed by atoms with van der Waals surface area (Å²) in [5.41, 5.74) is 0. The van der Waals surface area contributed by atoms with Gasteiger partial charge in [0.1, 0.15) is 0 Å². The molecular weight excluding hydrogens is 204 g/mol. The van der Waals surface area contributed by atoms with E-state index in [1.165, 1.54) is 12.8 Å². The highest BCUT2D eigenvalue weighted by molar-refractivity contribution is 5.76. The Morgan fingerprint density at radius 3 is 2.25 bits per heavy atom. The first kappa shape index (κ1) is 14.9. The Bertz CT molecular complexity index is 205. The summed E-state index contributed by atoms with van der Waals surface area (Å²) >= 11 is 0.